The van der Waals surface area contributed by atoms with Crippen LogP contribution in [-0.4, -0.2) is 64.3 Å². The minimum Gasteiger partial charge on any atom is -0.394 e. The minimum atomic E-state index is -1.62. The smallest absolute Gasteiger partial charge is 0.152 e. The van der Waals surface area contributed by atoms with Gasteiger partial charge in [0, 0.05) is 18.0 Å². The van der Waals surface area contributed by atoms with Crippen LogP contribution in [0.2, 0.25) is 0 Å². The summed E-state index contributed by atoms with van der Waals surface area (Å²) < 4.78 is 7.21. The quantitative estimate of drug-likeness (QED) is 0.415. The first-order chi connectivity index (χ1) is 11.9. The predicted octanol–water partition coefficient (Wildman–Crippen LogP) is -0.754. The van der Waals surface area contributed by atoms with Gasteiger partial charge in [-0.15, -0.1) is 0 Å². The summed E-state index contributed by atoms with van der Waals surface area (Å²) in [6.07, 6.45) is 1.49. The van der Waals surface area contributed by atoms with Crippen molar-refractivity contribution in [1.29, 1.82) is 0 Å². The molecule has 6 N–H and O–H groups in total. The van der Waals surface area contributed by atoms with Gasteiger partial charge in [0.1, 0.15) is 41.6 Å². The second kappa shape index (κ2) is 5.49. The Bertz CT molecular complexity index is 906. The molecular formula is C15H18N6O4. The molecule has 3 aromatic rings. The van der Waals surface area contributed by atoms with Gasteiger partial charge in [0.2, 0.25) is 0 Å². The van der Waals surface area contributed by atoms with Crippen molar-refractivity contribution in [2.24, 2.45) is 0 Å². The molecule has 0 unspecified atom stereocenters. The molecule has 3 aromatic heterocycles. The van der Waals surface area contributed by atoms with Crippen LogP contribution in [0.15, 0.2) is 24.8 Å². The maximum atomic E-state index is 10.7. The normalized spacial score (nSPS) is 29.5. The Morgan fingerprint density at radius 3 is 2.88 bits per heavy atom. The molecule has 4 atom stereocenters. The van der Waals surface area contributed by atoms with E-state index in [1.165, 1.54) is 17.8 Å². The molecule has 25 heavy (non-hydrogen) atoms. The lowest BCUT2D eigenvalue weighted by molar-refractivity contribution is -0.0664. The van der Waals surface area contributed by atoms with Crippen molar-refractivity contribution in [2.45, 2.75) is 30.8 Å². The number of nitrogen functional groups attached to an aromatic ring is 1. The Hall–Kier alpha value is -2.53. The molecule has 4 rings (SSSR count). The number of fused-ring (bicyclic) bond motifs is 1. The number of aromatic nitrogens is 5. The lowest BCUT2D eigenvalue weighted by Gasteiger charge is -2.26. The van der Waals surface area contributed by atoms with E-state index in [0.29, 0.717) is 22.6 Å². The molecule has 1 aliphatic heterocycles. The van der Waals surface area contributed by atoms with E-state index in [9.17, 15) is 15.3 Å². The Labute approximate surface area is 141 Å². The van der Waals surface area contributed by atoms with Crippen LogP contribution >= 0.6 is 0 Å². The topological polar surface area (TPSA) is 155 Å². The first kappa shape index (κ1) is 16.0. The van der Waals surface area contributed by atoms with E-state index in [1.54, 1.807) is 18.5 Å². The molecule has 132 valence electrons. The lowest BCUT2D eigenvalue weighted by atomic mass is 9.91. The Morgan fingerprint density at radius 1 is 1.44 bits per heavy atom. The molecule has 10 heteroatoms. The van der Waals surface area contributed by atoms with Crippen LogP contribution in [-0.2, 0) is 4.74 Å². The average molecular weight is 346 g/mol. The number of hydrogen-bond acceptors (Lipinski definition) is 8. The number of nitrogens with one attached hydrogen (secondary N) is 1. The van der Waals surface area contributed by atoms with E-state index in [1.807, 2.05) is 0 Å². The fourth-order valence-electron chi connectivity index (χ4n) is 3.30. The highest BCUT2D eigenvalue weighted by atomic mass is 16.6. The number of imidazole rings is 1. The largest absolute Gasteiger partial charge is 0.394 e. The molecule has 1 saturated heterocycles. The van der Waals surface area contributed by atoms with Crippen LogP contribution < -0.4 is 5.73 Å². The summed E-state index contributed by atoms with van der Waals surface area (Å²) in [5, 5.41) is 34.6. The third-order valence-corrected chi connectivity index (χ3v) is 4.60. The second-order valence-corrected chi connectivity index (χ2v) is 6.23. The second-order valence-electron chi connectivity index (χ2n) is 6.23. The number of aliphatic hydroxyl groups excluding tert-OH is 2. The summed E-state index contributed by atoms with van der Waals surface area (Å²) in [6, 6.07) is 1.73. The fraction of sp³-hybridized carbons (Fsp3) is 0.400. The molecule has 1 aliphatic rings. The van der Waals surface area contributed by atoms with Gasteiger partial charge >= 0.3 is 0 Å². The van der Waals surface area contributed by atoms with Crippen molar-refractivity contribution < 1.29 is 20.1 Å². The molecule has 0 saturated carbocycles. The maximum absolute atomic E-state index is 10.7. The summed E-state index contributed by atoms with van der Waals surface area (Å²) in [5.74, 6) is 0.798. The highest BCUT2D eigenvalue weighted by Crippen LogP contribution is 2.43. The number of nitrogens with two attached hydrogens (primary N) is 1. The van der Waals surface area contributed by atoms with Crippen LogP contribution in [0.5, 0.6) is 0 Å². The van der Waals surface area contributed by atoms with Crippen molar-refractivity contribution in [3.05, 3.63) is 30.5 Å². The van der Waals surface area contributed by atoms with Crippen molar-refractivity contribution in [2.75, 3.05) is 12.3 Å². The summed E-state index contributed by atoms with van der Waals surface area (Å²) in [5.41, 5.74) is 6.01. The van der Waals surface area contributed by atoms with Gasteiger partial charge in [0.25, 0.3) is 0 Å². The van der Waals surface area contributed by atoms with Crippen molar-refractivity contribution in [1.82, 2.24) is 24.6 Å². The number of nitrogens with zero attached hydrogens (tertiary/aromatic N) is 4. The number of aromatic amines is 1. The summed E-state index contributed by atoms with van der Waals surface area (Å²) in [4.78, 5) is 11.2. The average Bonchev–Trinajstić information content (AvgIpc) is 3.27. The van der Waals surface area contributed by atoms with Crippen LogP contribution in [0.3, 0.4) is 0 Å². The van der Waals surface area contributed by atoms with E-state index >= 15 is 0 Å². The summed E-state index contributed by atoms with van der Waals surface area (Å²) in [6.45, 7) is 1.04. The first-order valence-corrected chi connectivity index (χ1v) is 7.73. The van der Waals surface area contributed by atoms with Crippen molar-refractivity contribution >= 4 is 11.3 Å². The fourth-order valence-corrected chi connectivity index (χ4v) is 3.30. The lowest BCUT2D eigenvalue weighted by Crippen LogP contribution is -2.43. The van der Waals surface area contributed by atoms with Gasteiger partial charge in [-0.2, -0.15) is 5.10 Å². The minimum absolute atomic E-state index is 0.240. The molecular weight excluding hydrogens is 328 g/mol. The zero-order valence-corrected chi connectivity index (χ0v) is 13.4. The highest BCUT2D eigenvalue weighted by molar-refractivity contribution is 5.85. The summed E-state index contributed by atoms with van der Waals surface area (Å²) in [7, 11) is 0. The van der Waals surface area contributed by atoms with E-state index in [-0.39, 0.29) is 5.82 Å². The molecule has 4 heterocycles. The van der Waals surface area contributed by atoms with Crippen molar-refractivity contribution in [3.8, 4) is 11.4 Å². The first-order valence-electron chi connectivity index (χ1n) is 7.73. The van der Waals surface area contributed by atoms with Gasteiger partial charge < -0.3 is 30.8 Å². The zero-order valence-electron chi connectivity index (χ0n) is 13.4. The van der Waals surface area contributed by atoms with E-state index in [2.05, 4.69) is 20.1 Å². The predicted molar refractivity (Wildman–Crippen MR) is 86.3 cm³/mol. The SMILES string of the molecule is C[C@@]1(O)[C@H](O)[C@@H](CO)O[C@H]1c1cc(-c2ncc[nH]2)c2c(N)ncnn12. The molecule has 0 spiro atoms. The van der Waals surface area contributed by atoms with Gasteiger partial charge in [-0.05, 0) is 13.0 Å². The number of rotatable bonds is 3. The van der Waals surface area contributed by atoms with Gasteiger partial charge in [0.15, 0.2) is 5.82 Å². The van der Waals surface area contributed by atoms with Gasteiger partial charge in [0.05, 0.1) is 12.3 Å². The van der Waals surface area contributed by atoms with E-state index < -0.39 is 30.5 Å². The number of anilines is 1. The third-order valence-electron chi connectivity index (χ3n) is 4.60. The monoisotopic (exact) mass is 346 g/mol. The molecule has 10 nitrogen and oxygen atoms in total. The molecule has 0 aliphatic carbocycles. The van der Waals surface area contributed by atoms with E-state index in [0.717, 1.165) is 0 Å². The van der Waals surface area contributed by atoms with Gasteiger partial charge in [-0.1, -0.05) is 0 Å². The number of aliphatic hydroxyl groups is 3. The van der Waals surface area contributed by atoms with Crippen LogP contribution in [0.4, 0.5) is 5.82 Å². The number of hydrogen-bond donors (Lipinski definition) is 5. The third kappa shape index (κ3) is 2.23. The van der Waals surface area contributed by atoms with Crippen LogP contribution in [0.25, 0.3) is 16.9 Å². The Kier molecular flexibility index (Phi) is 3.51. The number of H-pyrrole nitrogens is 1. The molecule has 0 aromatic carbocycles. The van der Waals surface area contributed by atoms with Crippen molar-refractivity contribution in [3.63, 3.8) is 0 Å². The molecule has 1 fully saturated rings. The standard InChI is InChI=1S/C15H18N6O4/c1-15(24)11(23)9(5-22)25-12(15)8-4-7(14-17-2-3-18-14)10-13(16)19-6-20-21(8)10/h2-4,6,9,11-12,22-24H,5H2,1H3,(H,17,18)(H2,16,19,20)/t9-,11-,12+,15-/m1/s1. The highest BCUT2D eigenvalue weighted by Gasteiger charge is 2.53. The molecule has 0 bridgehead atoms. The molecule has 0 radical (unpaired) electrons. The Morgan fingerprint density at radius 2 is 2.24 bits per heavy atom. The van der Waals surface area contributed by atoms with Gasteiger partial charge in [-0.3, -0.25) is 0 Å². The Balaban J connectivity index is 1.93. The molecule has 0 amide bonds. The summed E-state index contributed by atoms with van der Waals surface area (Å²) >= 11 is 0. The maximum Gasteiger partial charge on any atom is 0.152 e. The van der Waals surface area contributed by atoms with E-state index in [4.69, 9.17) is 10.5 Å². The van der Waals surface area contributed by atoms with Crippen LogP contribution in [0, 0.1) is 0 Å². The van der Waals surface area contributed by atoms with Gasteiger partial charge in [-0.25, -0.2) is 14.5 Å². The zero-order chi connectivity index (χ0) is 17.8. The number of ether oxygens (including phenoxy) is 1. The van der Waals surface area contributed by atoms with Crippen LogP contribution in [0.1, 0.15) is 18.7 Å².